The number of hydrogen-bond acceptors (Lipinski definition) is 3. The van der Waals surface area contributed by atoms with Gasteiger partial charge in [-0.15, -0.1) is 0 Å². The molecule has 31 heavy (non-hydrogen) atoms. The molecule has 5 heteroatoms. The van der Waals surface area contributed by atoms with Crippen molar-refractivity contribution in [2.24, 2.45) is 0 Å². The molecule has 0 amide bonds. The highest BCUT2D eigenvalue weighted by atomic mass is 127. The van der Waals surface area contributed by atoms with Gasteiger partial charge in [-0.2, -0.15) is 0 Å². The number of carboxylic acid groups (broad SMARTS) is 1. The molecular weight excluding hydrogens is 503 g/mol. The lowest BCUT2D eigenvalue weighted by Crippen LogP contribution is -2.05. The normalized spacial score (nSPS) is 10.7. The van der Waals surface area contributed by atoms with Gasteiger partial charge < -0.3 is 9.84 Å². The van der Waals surface area contributed by atoms with Gasteiger partial charge in [-0.05, 0) is 92.9 Å². The second-order valence-corrected chi connectivity index (χ2v) is 8.52. The molecule has 0 saturated carbocycles. The average Bonchev–Trinajstić information content (AvgIpc) is 2.78. The van der Waals surface area contributed by atoms with Gasteiger partial charge in [-0.25, -0.2) is 9.59 Å². The van der Waals surface area contributed by atoms with Gasteiger partial charge in [-0.3, -0.25) is 0 Å². The van der Waals surface area contributed by atoms with Crippen LogP contribution in [0.5, 0.6) is 0 Å². The third kappa shape index (κ3) is 5.30. The number of carbonyl (C=O) groups excluding carboxylic acids is 1. The fraction of sp³-hybridized carbons (Fsp3) is 0.0769. The molecule has 154 valence electrons. The van der Waals surface area contributed by atoms with E-state index < -0.39 is 5.97 Å². The zero-order valence-corrected chi connectivity index (χ0v) is 18.7. The molecular formula is C26H19IO4. The van der Waals surface area contributed by atoms with Crippen molar-refractivity contribution in [1.29, 1.82) is 0 Å². The zero-order chi connectivity index (χ0) is 21.8. The van der Waals surface area contributed by atoms with E-state index in [1.807, 2.05) is 60.7 Å². The first-order valence-corrected chi connectivity index (χ1v) is 10.8. The minimum Gasteiger partial charge on any atom is -0.478 e. The fourth-order valence-electron chi connectivity index (χ4n) is 3.35. The minimum absolute atomic E-state index is 0.236. The molecule has 4 aromatic rings. The van der Waals surface area contributed by atoms with Crippen molar-refractivity contribution in [3.63, 3.8) is 0 Å². The van der Waals surface area contributed by atoms with Gasteiger partial charge in [0.2, 0.25) is 0 Å². The van der Waals surface area contributed by atoms with Crippen molar-refractivity contribution in [2.45, 2.75) is 13.0 Å². The number of hydrogen-bond donors (Lipinski definition) is 1. The van der Waals surface area contributed by atoms with Crippen molar-refractivity contribution in [3.05, 3.63) is 116 Å². The summed E-state index contributed by atoms with van der Waals surface area (Å²) < 4.78 is 6.61. The Kier molecular flexibility index (Phi) is 6.32. The molecule has 0 unspecified atom stereocenters. The van der Waals surface area contributed by atoms with Crippen LogP contribution >= 0.6 is 22.6 Å². The largest absolute Gasteiger partial charge is 0.478 e. The van der Waals surface area contributed by atoms with Crippen molar-refractivity contribution >= 4 is 45.3 Å². The van der Waals surface area contributed by atoms with E-state index >= 15 is 0 Å². The summed E-state index contributed by atoms with van der Waals surface area (Å²) in [4.78, 5) is 23.5. The van der Waals surface area contributed by atoms with Crippen molar-refractivity contribution in [3.8, 4) is 0 Å². The van der Waals surface area contributed by atoms with Crippen LogP contribution in [0.2, 0.25) is 0 Å². The van der Waals surface area contributed by atoms with Crippen LogP contribution in [0.15, 0.2) is 84.9 Å². The number of carboxylic acids is 1. The van der Waals surface area contributed by atoms with E-state index in [2.05, 4.69) is 28.7 Å². The number of ether oxygens (including phenoxy) is 1. The van der Waals surface area contributed by atoms with Gasteiger partial charge in [0, 0.05) is 3.57 Å². The lowest BCUT2D eigenvalue weighted by Gasteiger charge is -2.08. The second-order valence-electron chi connectivity index (χ2n) is 7.28. The molecule has 0 spiro atoms. The standard InChI is InChI=1S/C26H19IO4/c27-24-11-4-18(5-12-24)16-31-26(30)22-10-9-20-6-3-19(14-23(20)15-22)13-17-1-7-21(8-2-17)25(28)29/h1-12,14-15H,13,16H2,(H,28,29). The summed E-state index contributed by atoms with van der Waals surface area (Å²) in [7, 11) is 0. The maximum Gasteiger partial charge on any atom is 0.338 e. The summed E-state index contributed by atoms with van der Waals surface area (Å²) in [6, 6.07) is 26.4. The number of rotatable bonds is 6. The summed E-state index contributed by atoms with van der Waals surface area (Å²) >= 11 is 2.24. The molecule has 0 fully saturated rings. The molecule has 4 rings (SSSR count). The Hall–Kier alpha value is -3.19. The molecule has 0 atom stereocenters. The number of esters is 1. The van der Waals surface area contributed by atoms with E-state index in [9.17, 15) is 9.59 Å². The van der Waals surface area contributed by atoms with Gasteiger partial charge in [-0.1, -0.05) is 48.5 Å². The van der Waals surface area contributed by atoms with Crippen LogP contribution in [0.1, 0.15) is 37.4 Å². The fourth-order valence-corrected chi connectivity index (χ4v) is 3.71. The first-order chi connectivity index (χ1) is 15.0. The monoisotopic (exact) mass is 522 g/mol. The van der Waals surface area contributed by atoms with E-state index in [0.29, 0.717) is 12.0 Å². The first-order valence-electron chi connectivity index (χ1n) is 9.74. The maximum absolute atomic E-state index is 12.5. The van der Waals surface area contributed by atoms with E-state index in [0.717, 1.165) is 31.0 Å². The van der Waals surface area contributed by atoms with Crippen molar-refractivity contribution in [1.82, 2.24) is 0 Å². The number of benzene rings is 4. The van der Waals surface area contributed by atoms with Gasteiger partial charge in [0.1, 0.15) is 6.61 Å². The van der Waals surface area contributed by atoms with Crippen LogP contribution in [-0.4, -0.2) is 17.0 Å². The number of aromatic carboxylic acids is 1. The Balaban J connectivity index is 1.49. The number of carbonyl (C=O) groups is 2. The summed E-state index contributed by atoms with van der Waals surface area (Å²) in [6.45, 7) is 0.236. The van der Waals surface area contributed by atoms with E-state index in [1.54, 1.807) is 18.2 Å². The van der Waals surface area contributed by atoms with Gasteiger partial charge in [0.15, 0.2) is 0 Å². The summed E-state index contributed by atoms with van der Waals surface area (Å²) in [6.07, 6.45) is 0.678. The van der Waals surface area contributed by atoms with Crippen LogP contribution in [0, 0.1) is 3.57 Å². The Morgan fingerprint density at radius 2 is 1.32 bits per heavy atom. The molecule has 0 bridgehead atoms. The molecule has 0 saturated heterocycles. The molecule has 4 nitrogen and oxygen atoms in total. The van der Waals surface area contributed by atoms with Crippen LogP contribution in [0.4, 0.5) is 0 Å². The predicted octanol–water partition coefficient (Wildman–Crippen LogP) is 6.09. The highest BCUT2D eigenvalue weighted by molar-refractivity contribution is 14.1. The minimum atomic E-state index is -0.932. The van der Waals surface area contributed by atoms with Crippen LogP contribution < -0.4 is 0 Å². The summed E-state index contributed by atoms with van der Waals surface area (Å²) in [5.41, 5.74) is 3.85. The molecule has 0 radical (unpaired) electrons. The molecule has 0 aromatic heterocycles. The highest BCUT2D eigenvalue weighted by Gasteiger charge is 2.09. The number of fused-ring (bicyclic) bond motifs is 1. The molecule has 0 aliphatic rings. The molecule has 0 aliphatic carbocycles. The van der Waals surface area contributed by atoms with E-state index in [4.69, 9.17) is 9.84 Å². The van der Waals surface area contributed by atoms with Crippen LogP contribution in [-0.2, 0) is 17.8 Å². The van der Waals surface area contributed by atoms with Crippen LogP contribution in [0.3, 0.4) is 0 Å². The molecule has 0 aliphatic heterocycles. The second kappa shape index (κ2) is 9.31. The van der Waals surface area contributed by atoms with Crippen molar-refractivity contribution in [2.75, 3.05) is 0 Å². The summed E-state index contributed by atoms with van der Waals surface area (Å²) in [5, 5.41) is 11.0. The van der Waals surface area contributed by atoms with Crippen molar-refractivity contribution < 1.29 is 19.4 Å². The zero-order valence-electron chi connectivity index (χ0n) is 16.5. The Morgan fingerprint density at radius 1 is 0.710 bits per heavy atom. The topological polar surface area (TPSA) is 63.6 Å². The lowest BCUT2D eigenvalue weighted by molar-refractivity contribution is 0.0472. The first kappa shape index (κ1) is 21.1. The SMILES string of the molecule is O=C(O)c1ccc(Cc2ccc3ccc(C(=O)OCc4ccc(I)cc4)cc3c2)cc1. The molecule has 4 aromatic carbocycles. The van der Waals surface area contributed by atoms with Crippen LogP contribution in [0.25, 0.3) is 10.8 Å². The predicted molar refractivity (Wildman–Crippen MR) is 128 cm³/mol. The third-order valence-corrected chi connectivity index (χ3v) is 5.75. The lowest BCUT2D eigenvalue weighted by atomic mass is 9.99. The Labute approximate surface area is 193 Å². The molecule has 1 N–H and O–H groups in total. The van der Waals surface area contributed by atoms with Gasteiger partial charge >= 0.3 is 11.9 Å². The van der Waals surface area contributed by atoms with Gasteiger partial charge in [0.05, 0.1) is 11.1 Å². The Morgan fingerprint density at radius 3 is 2.03 bits per heavy atom. The highest BCUT2D eigenvalue weighted by Crippen LogP contribution is 2.21. The quantitative estimate of drug-likeness (QED) is 0.246. The smallest absolute Gasteiger partial charge is 0.338 e. The van der Waals surface area contributed by atoms with E-state index in [1.165, 1.54) is 0 Å². The van der Waals surface area contributed by atoms with E-state index in [-0.39, 0.29) is 18.1 Å². The number of halogens is 1. The third-order valence-electron chi connectivity index (χ3n) is 5.03. The summed E-state index contributed by atoms with van der Waals surface area (Å²) in [5.74, 6) is -1.28. The molecule has 0 heterocycles. The Bertz CT molecular complexity index is 1240. The average molecular weight is 522 g/mol. The maximum atomic E-state index is 12.5. The van der Waals surface area contributed by atoms with Gasteiger partial charge in [0.25, 0.3) is 0 Å².